The summed E-state index contributed by atoms with van der Waals surface area (Å²) < 4.78 is 71.4. The zero-order valence-corrected chi connectivity index (χ0v) is 18.5. The van der Waals surface area contributed by atoms with Crippen molar-refractivity contribution in [2.24, 2.45) is 5.92 Å². The maximum Gasteiger partial charge on any atom is 0.418 e. The van der Waals surface area contributed by atoms with Crippen molar-refractivity contribution in [3.05, 3.63) is 59.1 Å². The highest BCUT2D eigenvalue weighted by molar-refractivity contribution is 7.89. The molecule has 174 valence electrons. The van der Waals surface area contributed by atoms with Crippen molar-refractivity contribution in [1.29, 1.82) is 0 Å². The van der Waals surface area contributed by atoms with Gasteiger partial charge in [-0.3, -0.25) is 9.59 Å². The van der Waals surface area contributed by atoms with Crippen LogP contribution in [0.3, 0.4) is 0 Å². The van der Waals surface area contributed by atoms with Gasteiger partial charge in [-0.1, -0.05) is 43.6 Å². The molecule has 7 nitrogen and oxygen atoms in total. The van der Waals surface area contributed by atoms with E-state index in [-0.39, 0.29) is 9.92 Å². The van der Waals surface area contributed by atoms with Gasteiger partial charge in [0.25, 0.3) is 5.91 Å². The van der Waals surface area contributed by atoms with Crippen LogP contribution in [-0.2, 0) is 30.5 Å². The van der Waals surface area contributed by atoms with Crippen molar-refractivity contribution in [3.8, 4) is 0 Å². The Labute approximate surface area is 188 Å². The highest BCUT2D eigenvalue weighted by Gasteiger charge is 2.34. The van der Waals surface area contributed by atoms with Gasteiger partial charge >= 0.3 is 12.1 Å². The van der Waals surface area contributed by atoms with Gasteiger partial charge < -0.3 is 10.1 Å². The molecule has 2 N–H and O–H groups in total. The van der Waals surface area contributed by atoms with E-state index in [1.54, 1.807) is 19.9 Å². The Bertz CT molecular complexity index is 1080. The number of ether oxygens (including phenoxy) is 1. The molecule has 0 aliphatic rings. The summed E-state index contributed by atoms with van der Waals surface area (Å²) in [6.07, 6.45) is -4.78. The molecule has 0 aliphatic heterocycles. The molecular weight excluding hydrogens is 473 g/mol. The van der Waals surface area contributed by atoms with E-state index in [4.69, 9.17) is 16.3 Å². The van der Waals surface area contributed by atoms with Crippen molar-refractivity contribution < 1.29 is 35.9 Å². The first-order valence-corrected chi connectivity index (χ1v) is 11.1. The van der Waals surface area contributed by atoms with E-state index >= 15 is 0 Å². The molecule has 0 bridgehead atoms. The van der Waals surface area contributed by atoms with Crippen LogP contribution in [0.25, 0.3) is 0 Å². The number of anilines is 1. The summed E-state index contributed by atoms with van der Waals surface area (Å²) in [5.41, 5.74) is -1.73. The SMILES string of the molecule is CC(C)[C@@H](NS(=O)(=O)c1ccccc1)C(=O)OCC(=O)Nc1ccc(Cl)cc1C(F)(F)F. The fourth-order valence-corrected chi connectivity index (χ4v) is 4.09. The van der Waals surface area contributed by atoms with Crippen molar-refractivity contribution in [2.75, 3.05) is 11.9 Å². The maximum absolute atomic E-state index is 13.1. The molecule has 0 spiro atoms. The number of carbonyl (C=O) groups is 2. The van der Waals surface area contributed by atoms with E-state index in [0.717, 1.165) is 12.1 Å². The van der Waals surface area contributed by atoms with Crippen LogP contribution in [0, 0.1) is 5.92 Å². The van der Waals surface area contributed by atoms with Crippen LogP contribution in [0.2, 0.25) is 5.02 Å². The lowest BCUT2D eigenvalue weighted by atomic mass is 10.1. The minimum Gasteiger partial charge on any atom is -0.454 e. The lowest BCUT2D eigenvalue weighted by Crippen LogP contribution is -2.45. The average molecular weight is 493 g/mol. The van der Waals surface area contributed by atoms with Gasteiger partial charge in [0.2, 0.25) is 10.0 Å². The Morgan fingerprint density at radius 2 is 1.72 bits per heavy atom. The molecule has 0 heterocycles. The monoisotopic (exact) mass is 492 g/mol. The number of nitrogens with one attached hydrogen (secondary N) is 2. The van der Waals surface area contributed by atoms with Crippen LogP contribution in [0.15, 0.2) is 53.4 Å². The molecule has 0 fully saturated rings. The molecule has 2 aromatic carbocycles. The summed E-state index contributed by atoms with van der Waals surface area (Å²) >= 11 is 5.59. The number of rotatable bonds is 8. The number of halogens is 4. The van der Waals surface area contributed by atoms with Crippen LogP contribution in [0.1, 0.15) is 19.4 Å². The Balaban J connectivity index is 2.06. The van der Waals surface area contributed by atoms with E-state index in [1.807, 2.05) is 5.32 Å². The molecule has 0 unspecified atom stereocenters. The molecule has 2 rings (SSSR count). The van der Waals surface area contributed by atoms with Gasteiger partial charge in [0.1, 0.15) is 6.04 Å². The average Bonchev–Trinajstić information content (AvgIpc) is 2.71. The van der Waals surface area contributed by atoms with Crippen LogP contribution < -0.4 is 10.0 Å². The smallest absolute Gasteiger partial charge is 0.418 e. The number of hydrogen-bond acceptors (Lipinski definition) is 5. The van der Waals surface area contributed by atoms with Crippen molar-refractivity contribution >= 4 is 39.2 Å². The second-order valence-electron chi connectivity index (χ2n) is 7.00. The van der Waals surface area contributed by atoms with E-state index in [9.17, 15) is 31.2 Å². The number of sulfonamides is 1. The van der Waals surface area contributed by atoms with E-state index < -0.39 is 57.9 Å². The van der Waals surface area contributed by atoms with E-state index in [2.05, 4.69) is 4.72 Å². The second-order valence-corrected chi connectivity index (χ2v) is 9.15. The zero-order chi connectivity index (χ0) is 24.1. The predicted molar refractivity (Wildman–Crippen MR) is 111 cm³/mol. The standard InChI is InChI=1S/C20H20ClF3N2O5S/c1-12(2)18(26-32(29,30)14-6-4-3-5-7-14)19(28)31-11-17(27)25-16-9-8-13(21)10-15(16)20(22,23)24/h3-10,12,18,26H,11H2,1-2H3,(H,25,27)/t18-/m1/s1. The lowest BCUT2D eigenvalue weighted by Gasteiger charge is -2.21. The third-order valence-corrected chi connectivity index (χ3v) is 5.85. The topological polar surface area (TPSA) is 102 Å². The van der Waals surface area contributed by atoms with Gasteiger partial charge in [0.05, 0.1) is 16.1 Å². The third kappa shape index (κ3) is 6.94. The quantitative estimate of drug-likeness (QED) is 0.545. The van der Waals surface area contributed by atoms with Gasteiger partial charge in [0.15, 0.2) is 6.61 Å². The Morgan fingerprint density at radius 3 is 2.28 bits per heavy atom. The summed E-state index contributed by atoms with van der Waals surface area (Å²) in [6.45, 7) is 2.20. The first-order valence-electron chi connectivity index (χ1n) is 9.22. The molecule has 2 aromatic rings. The number of alkyl halides is 3. The molecule has 32 heavy (non-hydrogen) atoms. The minimum absolute atomic E-state index is 0.0707. The molecule has 0 aliphatic carbocycles. The Morgan fingerprint density at radius 1 is 1.09 bits per heavy atom. The normalized spacial score (nSPS) is 13.0. The predicted octanol–water partition coefficient (Wildman–Crippen LogP) is 3.84. The second kappa shape index (κ2) is 10.3. The van der Waals surface area contributed by atoms with E-state index in [1.165, 1.54) is 24.3 Å². The van der Waals surface area contributed by atoms with Gasteiger partial charge in [-0.15, -0.1) is 0 Å². The summed E-state index contributed by atoms with van der Waals surface area (Å²) in [4.78, 5) is 24.4. The maximum atomic E-state index is 13.1. The summed E-state index contributed by atoms with van der Waals surface area (Å²) in [5, 5.41) is 1.83. The molecule has 0 aromatic heterocycles. The van der Waals surface area contributed by atoms with Crippen molar-refractivity contribution in [1.82, 2.24) is 4.72 Å². The van der Waals surface area contributed by atoms with Crippen LogP contribution >= 0.6 is 11.6 Å². The lowest BCUT2D eigenvalue weighted by molar-refractivity contribution is -0.150. The first kappa shape index (κ1) is 25.6. The molecule has 0 radical (unpaired) electrons. The highest BCUT2D eigenvalue weighted by Crippen LogP contribution is 2.36. The summed E-state index contributed by atoms with van der Waals surface area (Å²) in [7, 11) is -4.05. The van der Waals surface area contributed by atoms with Crippen LogP contribution in [0.5, 0.6) is 0 Å². The molecule has 0 saturated heterocycles. The summed E-state index contributed by atoms with van der Waals surface area (Å²) in [6, 6.07) is 8.76. The highest BCUT2D eigenvalue weighted by atomic mass is 35.5. The van der Waals surface area contributed by atoms with Gasteiger partial charge in [0, 0.05) is 5.02 Å². The first-order chi connectivity index (χ1) is 14.8. The molecule has 1 atom stereocenters. The van der Waals surface area contributed by atoms with Crippen molar-refractivity contribution in [3.63, 3.8) is 0 Å². The fraction of sp³-hybridized carbons (Fsp3) is 0.300. The number of benzene rings is 2. The van der Waals surface area contributed by atoms with Gasteiger partial charge in [-0.05, 0) is 36.2 Å². The summed E-state index contributed by atoms with van der Waals surface area (Å²) in [5.74, 6) is -2.64. The molecule has 12 heteroatoms. The number of esters is 1. The zero-order valence-electron chi connectivity index (χ0n) is 16.9. The molecular formula is C20H20ClF3N2O5S. The van der Waals surface area contributed by atoms with Crippen LogP contribution in [0.4, 0.5) is 18.9 Å². The number of hydrogen-bond donors (Lipinski definition) is 2. The number of carbonyl (C=O) groups excluding carboxylic acids is 2. The Hall–Kier alpha value is -2.63. The van der Waals surface area contributed by atoms with Crippen LogP contribution in [-0.4, -0.2) is 32.9 Å². The van der Waals surface area contributed by atoms with E-state index in [0.29, 0.717) is 6.07 Å². The van der Waals surface area contributed by atoms with Gasteiger partial charge in [-0.2, -0.15) is 17.9 Å². The fourth-order valence-electron chi connectivity index (χ4n) is 2.56. The largest absolute Gasteiger partial charge is 0.454 e. The minimum atomic E-state index is -4.78. The molecule has 1 amide bonds. The molecule has 0 saturated carbocycles. The number of amides is 1. The van der Waals surface area contributed by atoms with Gasteiger partial charge in [-0.25, -0.2) is 8.42 Å². The van der Waals surface area contributed by atoms with Crippen molar-refractivity contribution in [2.45, 2.75) is 31.0 Å². The third-order valence-electron chi connectivity index (χ3n) is 4.16. The Kier molecular flexibility index (Phi) is 8.27.